The summed E-state index contributed by atoms with van der Waals surface area (Å²) in [6.45, 7) is 1.06. The average molecular weight is 556 g/mol. The van der Waals surface area contributed by atoms with Crippen LogP contribution in [0.3, 0.4) is 0 Å². The highest BCUT2D eigenvalue weighted by Gasteiger charge is 2.16. The fourth-order valence-electron chi connectivity index (χ4n) is 3.37. The molecule has 0 aliphatic heterocycles. The molecule has 3 aromatic rings. The quantitative estimate of drug-likeness (QED) is 0.334. The molecule has 0 unspecified atom stereocenters. The van der Waals surface area contributed by atoms with Crippen LogP contribution in [-0.2, 0) is 0 Å². The second-order valence-electron chi connectivity index (χ2n) is 7.15. The zero-order valence-corrected chi connectivity index (χ0v) is 20.7. The van der Waals surface area contributed by atoms with Crippen molar-refractivity contribution in [2.75, 3.05) is 18.4 Å². The molecule has 1 aliphatic rings. The maximum atomic E-state index is 12.4. The first-order chi connectivity index (χ1) is 15.5. The number of aromatic nitrogens is 3. The number of hydrogen-bond donors (Lipinski definition) is 2. The van der Waals surface area contributed by atoms with Gasteiger partial charge < -0.3 is 10.6 Å². The van der Waals surface area contributed by atoms with Gasteiger partial charge in [0, 0.05) is 29.8 Å². The van der Waals surface area contributed by atoms with E-state index in [1.54, 1.807) is 28.9 Å². The molecular weight excluding hydrogens is 537 g/mol. The summed E-state index contributed by atoms with van der Waals surface area (Å²) in [6, 6.07) is 6.92. The Kier molecular flexibility index (Phi) is 7.40. The summed E-state index contributed by atoms with van der Waals surface area (Å²) >= 11 is 22.2. The molecule has 2 heterocycles. The normalized spacial score (nSPS) is 13.6. The van der Waals surface area contributed by atoms with Gasteiger partial charge in [0.05, 0.1) is 32.0 Å². The van der Waals surface area contributed by atoms with Crippen molar-refractivity contribution in [2.24, 2.45) is 0 Å². The Morgan fingerprint density at radius 2 is 1.97 bits per heavy atom. The molecule has 0 bridgehead atoms. The minimum Gasteiger partial charge on any atom is -0.370 e. The van der Waals surface area contributed by atoms with Gasteiger partial charge in [-0.3, -0.25) is 4.79 Å². The molecule has 6 nitrogen and oxygen atoms in total. The monoisotopic (exact) mass is 553 g/mol. The number of benzene rings is 1. The minimum atomic E-state index is -0.296. The van der Waals surface area contributed by atoms with E-state index in [2.05, 4.69) is 37.7 Å². The van der Waals surface area contributed by atoms with Gasteiger partial charge in [-0.05, 0) is 47.3 Å². The lowest BCUT2D eigenvalue weighted by Gasteiger charge is -2.14. The van der Waals surface area contributed by atoms with Crippen molar-refractivity contribution >= 4 is 73.7 Å². The molecule has 1 aliphatic carbocycles. The second-order valence-corrected chi connectivity index (χ2v) is 9.27. The van der Waals surface area contributed by atoms with E-state index in [1.807, 2.05) is 12.1 Å². The summed E-state index contributed by atoms with van der Waals surface area (Å²) < 4.78 is 2.53. The smallest absolute Gasteiger partial charge is 0.254 e. The Balaban J connectivity index is 1.43. The van der Waals surface area contributed by atoms with Crippen LogP contribution in [0.15, 0.2) is 52.1 Å². The summed E-state index contributed by atoms with van der Waals surface area (Å²) in [5.41, 5.74) is 2.68. The molecule has 0 spiro atoms. The van der Waals surface area contributed by atoms with Gasteiger partial charge in [0.2, 0.25) is 0 Å². The van der Waals surface area contributed by atoms with E-state index in [0.717, 1.165) is 39.4 Å². The van der Waals surface area contributed by atoms with E-state index in [1.165, 1.54) is 0 Å². The maximum absolute atomic E-state index is 12.4. The molecular formula is C22H19BrCl3N5O. The molecule has 2 aromatic heterocycles. The van der Waals surface area contributed by atoms with E-state index in [9.17, 15) is 4.79 Å². The molecule has 0 radical (unpaired) electrons. The standard InChI is InChI=1S/C22H19BrCl3N5O/c23-14-12-29-31-19(11-18(30-21(14)31)13-5-1-2-6-15(13)24)27-9-4-10-28-22(32)20-16(25)7-3-8-17(20)26/h1,3,5,7-8,11-12,27H,2,4,6,9-10H2,(H,28,32). The number of halogens is 4. The number of carbonyl (C=O) groups excluding carboxylic acids is 1. The average Bonchev–Trinajstić information content (AvgIpc) is 3.14. The van der Waals surface area contributed by atoms with Gasteiger partial charge in [-0.25, -0.2) is 4.98 Å². The molecule has 166 valence electrons. The van der Waals surface area contributed by atoms with E-state index < -0.39 is 0 Å². The van der Waals surface area contributed by atoms with Gasteiger partial charge >= 0.3 is 0 Å². The highest BCUT2D eigenvalue weighted by molar-refractivity contribution is 9.10. The Morgan fingerprint density at radius 3 is 2.72 bits per heavy atom. The van der Waals surface area contributed by atoms with Crippen molar-refractivity contribution in [2.45, 2.75) is 19.3 Å². The Morgan fingerprint density at radius 1 is 1.19 bits per heavy atom. The number of allylic oxidation sites excluding steroid dienone is 4. The molecule has 0 saturated carbocycles. The Bertz CT molecular complexity index is 1220. The molecule has 1 aromatic carbocycles. The van der Waals surface area contributed by atoms with Crippen LogP contribution in [0.25, 0.3) is 11.2 Å². The van der Waals surface area contributed by atoms with Gasteiger partial charge in [0.1, 0.15) is 5.82 Å². The predicted octanol–water partition coefficient (Wildman–Crippen LogP) is 6.33. The number of carbonyl (C=O) groups is 1. The Labute approximate surface area is 208 Å². The summed E-state index contributed by atoms with van der Waals surface area (Å²) in [4.78, 5) is 17.1. The highest BCUT2D eigenvalue weighted by atomic mass is 79.9. The molecule has 0 saturated heterocycles. The predicted molar refractivity (Wildman–Crippen MR) is 134 cm³/mol. The summed E-state index contributed by atoms with van der Waals surface area (Å²) in [7, 11) is 0. The lowest BCUT2D eigenvalue weighted by atomic mass is 10.0. The molecule has 0 fully saturated rings. The number of fused-ring (bicyclic) bond motifs is 1. The maximum Gasteiger partial charge on any atom is 0.254 e. The molecule has 2 N–H and O–H groups in total. The van der Waals surface area contributed by atoms with Gasteiger partial charge in [0.15, 0.2) is 5.65 Å². The summed E-state index contributed by atoms with van der Waals surface area (Å²) in [6.07, 6.45) is 8.22. The first-order valence-corrected chi connectivity index (χ1v) is 11.9. The third kappa shape index (κ3) is 4.96. The fraction of sp³-hybridized carbons (Fsp3) is 0.227. The Hall–Kier alpha value is -2.06. The molecule has 1 amide bonds. The lowest BCUT2D eigenvalue weighted by Crippen LogP contribution is -2.26. The largest absolute Gasteiger partial charge is 0.370 e. The van der Waals surface area contributed by atoms with Crippen molar-refractivity contribution in [3.8, 4) is 0 Å². The molecule has 0 atom stereocenters. The fourth-order valence-corrected chi connectivity index (χ4v) is 4.56. The number of anilines is 1. The van der Waals surface area contributed by atoms with Crippen LogP contribution >= 0.6 is 50.7 Å². The van der Waals surface area contributed by atoms with Crippen molar-refractivity contribution < 1.29 is 4.79 Å². The van der Waals surface area contributed by atoms with Crippen molar-refractivity contribution in [1.82, 2.24) is 19.9 Å². The highest BCUT2D eigenvalue weighted by Crippen LogP contribution is 2.31. The van der Waals surface area contributed by atoms with Crippen LogP contribution in [0.4, 0.5) is 5.82 Å². The number of hydrogen-bond acceptors (Lipinski definition) is 4. The number of rotatable bonds is 7. The summed E-state index contributed by atoms with van der Waals surface area (Å²) in [5, 5.41) is 12.1. The molecule has 32 heavy (non-hydrogen) atoms. The van der Waals surface area contributed by atoms with Crippen LogP contribution in [0.1, 0.15) is 35.3 Å². The zero-order chi connectivity index (χ0) is 22.7. The topological polar surface area (TPSA) is 71.3 Å². The van der Waals surface area contributed by atoms with Crippen LogP contribution in [0.5, 0.6) is 0 Å². The third-order valence-corrected chi connectivity index (χ3v) is 6.53. The van der Waals surface area contributed by atoms with Crippen molar-refractivity contribution in [1.29, 1.82) is 0 Å². The molecule has 10 heteroatoms. The number of nitrogens with one attached hydrogen (secondary N) is 2. The van der Waals surface area contributed by atoms with E-state index in [-0.39, 0.29) is 11.5 Å². The van der Waals surface area contributed by atoms with Crippen LogP contribution in [0, 0.1) is 0 Å². The van der Waals surface area contributed by atoms with Gasteiger partial charge in [0.25, 0.3) is 5.91 Å². The van der Waals surface area contributed by atoms with Crippen molar-refractivity contribution in [3.63, 3.8) is 0 Å². The van der Waals surface area contributed by atoms with Gasteiger partial charge in [-0.1, -0.05) is 53.0 Å². The summed E-state index contributed by atoms with van der Waals surface area (Å²) in [5.74, 6) is 0.489. The first kappa shape index (κ1) is 23.1. The number of nitrogens with zero attached hydrogens (tertiary/aromatic N) is 3. The first-order valence-electron chi connectivity index (χ1n) is 10.0. The van der Waals surface area contributed by atoms with E-state index >= 15 is 0 Å². The number of amides is 1. The third-order valence-electron chi connectivity index (χ3n) is 4.95. The van der Waals surface area contributed by atoms with Gasteiger partial charge in [-0.2, -0.15) is 9.61 Å². The van der Waals surface area contributed by atoms with Crippen molar-refractivity contribution in [3.05, 3.63) is 73.4 Å². The van der Waals surface area contributed by atoms with E-state index in [4.69, 9.17) is 39.8 Å². The van der Waals surface area contributed by atoms with Gasteiger partial charge in [-0.15, -0.1) is 0 Å². The zero-order valence-electron chi connectivity index (χ0n) is 16.8. The molecule has 4 rings (SSSR count). The van der Waals surface area contributed by atoms with E-state index in [0.29, 0.717) is 35.2 Å². The second kappa shape index (κ2) is 10.3. The lowest BCUT2D eigenvalue weighted by molar-refractivity contribution is 0.0954. The van der Waals surface area contributed by atoms with Crippen LogP contribution < -0.4 is 10.6 Å². The SMILES string of the molecule is O=C(NCCCNc1cc(C2=C(Cl)CCC=C2)nc2c(Br)cnn12)c1c(Cl)cccc1Cl. The minimum absolute atomic E-state index is 0.288. The van der Waals surface area contributed by atoms with Crippen LogP contribution in [-0.4, -0.2) is 33.6 Å². The van der Waals surface area contributed by atoms with Crippen LogP contribution in [0.2, 0.25) is 10.0 Å².